The van der Waals surface area contributed by atoms with Gasteiger partial charge in [0.05, 0.1) is 6.04 Å². The van der Waals surface area contributed by atoms with Crippen molar-refractivity contribution in [1.82, 2.24) is 4.90 Å². The van der Waals surface area contributed by atoms with Crippen LogP contribution in [0, 0.1) is 0 Å². The summed E-state index contributed by atoms with van der Waals surface area (Å²) >= 11 is 0. The fourth-order valence-corrected chi connectivity index (χ4v) is 2.32. The summed E-state index contributed by atoms with van der Waals surface area (Å²) in [7, 11) is 0. The maximum atomic E-state index is 12.6. The average Bonchev–Trinajstić information content (AvgIpc) is 2.45. The lowest BCUT2D eigenvalue weighted by molar-refractivity contribution is -0.165. The van der Waals surface area contributed by atoms with Crippen LogP contribution >= 0.6 is 12.4 Å². The molecule has 24 heavy (non-hydrogen) atoms. The molecule has 0 aliphatic rings. The number of ether oxygens (including phenoxy) is 1. The van der Waals surface area contributed by atoms with E-state index in [9.17, 15) is 9.59 Å². The first-order chi connectivity index (χ1) is 10.7. The van der Waals surface area contributed by atoms with Gasteiger partial charge in [-0.25, -0.2) is 4.79 Å². The number of amides is 1. The van der Waals surface area contributed by atoms with Gasteiger partial charge >= 0.3 is 5.97 Å². The minimum atomic E-state index is -0.680. The number of hydrogen-bond donors (Lipinski definition) is 1. The quantitative estimate of drug-likeness (QED) is 0.795. The Labute approximate surface area is 151 Å². The monoisotopic (exact) mass is 356 g/mol. The molecule has 0 saturated heterocycles. The Morgan fingerprint density at radius 1 is 1.21 bits per heavy atom. The van der Waals surface area contributed by atoms with Gasteiger partial charge in [-0.05, 0) is 40.2 Å². The van der Waals surface area contributed by atoms with Gasteiger partial charge in [0.25, 0.3) is 0 Å². The van der Waals surface area contributed by atoms with Crippen molar-refractivity contribution in [3.05, 3.63) is 35.9 Å². The molecule has 0 saturated carbocycles. The predicted octanol–water partition coefficient (Wildman–Crippen LogP) is 2.56. The molecule has 2 N–H and O–H groups in total. The SMILES string of the molecule is CCN(C(=O)[C@H](C)N)[C@@H](Cc1ccccc1)C(=O)OC(C)(C)C.Cl. The summed E-state index contributed by atoms with van der Waals surface area (Å²) in [6, 6.07) is 8.26. The van der Waals surface area contributed by atoms with Gasteiger partial charge in [-0.1, -0.05) is 30.3 Å². The zero-order valence-corrected chi connectivity index (χ0v) is 15.9. The Kier molecular flexibility index (Phi) is 9.01. The van der Waals surface area contributed by atoms with E-state index in [1.807, 2.05) is 58.0 Å². The van der Waals surface area contributed by atoms with Crippen LogP contribution in [0.5, 0.6) is 0 Å². The zero-order valence-electron chi connectivity index (χ0n) is 15.1. The second kappa shape index (κ2) is 9.64. The Balaban J connectivity index is 0.00000529. The highest BCUT2D eigenvalue weighted by Gasteiger charge is 2.33. The Morgan fingerprint density at radius 3 is 2.17 bits per heavy atom. The van der Waals surface area contributed by atoms with Crippen LogP contribution in [0.2, 0.25) is 0 Å². The molecule has 2 atom stereocenters. The average molecular weight is 357 g/mol. The summed E-state index contributed by atoms with van der Waals surface area (Å²) in [5, 5.41) is 0. The second-order valence-corrected chi connectivity index (χ2v) is 6.65. The van der Waals surface area contributed by atoms with E-state index in [0.717, 1.165) is 5.56 Å². The van der Waals surface area contributed by atoms with Crippen molar-refractivity contribution in [2.75, 3.05) is 6.54 Å². The number of nitrogens with two attached hydrogens (primary N) is 1. The zero-order chi connectivity index (χ0) is 17.6. The molecule has 0 fully saturated rings. The smallest absolute Gasteiger partial charge is 0.329 e. The van der Waals surface area contributed by atoms with Crippen molar-refractivity contribution in [2.24, 2.45) is 5.73 Å². The summed E-state index contributed by atoms with van der Waals surface area (Å²) in [6.45, 7) is 9.30. The summed E-state index contributed by atoms with van der Waals surface area (Å²) < 4.78 is 5.51. The fraction of sp³-hybridized carbons (Fsp3) is 0.556. The third kappa shape index (κ3) is 6.89. The van der Waals surface area contributed by atoms with Crippen LogP contribution in [0.15, 0.2) is 30.3 Å². The number of esters is 1. The highest BCUT2D eigenvalue weighted by atomic mass is 35.5. The number of rotatable bonds is 6. The van der Waals surface area contributed by atoms with E-state index in [1.165, 1.54) is 4.90 Å². The molecule has 136 valence electrons. The number of halogens is 1. The Bertz CT molecular complexity index is 527. The number of benzene rings is 1. The maximum Gasteiger partial charge on any atom is 0.329 e. The molecule has 0 heterocycles. The standard InChI is InChI=1S/C18H28N2O3.ClH/c1-6-20(16(21)13(2)19)15(17(22)23-18(3,4)5)12-14-10-8-7-9-11-14;/h7-11,13,15H,6,12,19H2,1-5H3;1H/t13-,15-;/m0./s1. The molecule has 1 aromatic rings. The van der Waals surface area contributed by atoms with Gasteiger partial charge < -0.3 is 15.4 Å². The maximum absolute atomic E-state index is 12.6. The molecule has 0 radical (unpaired) electrons. The molecular formula is C18H29ClN2O3. The van der Waals surface area contributed by atoms with Gasteiger partial charge in [-0.15, -0.1) is 12.4 Å². The molecule has 1 aromatic carbocycles. The van der Waals surface area contributed by atoms with Crippen molar-refractivity contribution in [3.63, 3.8) is 0 Å². The van der Waals surface area contributed by atoms with Gasteiger partial charge in [-0.3, -0.25) is 4.79 Å². The van der Waals surface area contributed by atoms with Gasteiger partial charge in [0.15, 0.2) is 0 Å². The Hall–Kier alpha value is -1.59. The molecular weight excluding hydrogens is 328 g/mol. The van der Waals surface area contributed by atoms with E-state index in [0.29, 0.717) is 13.0 Å². The van der Waals surface area contributed by atoms with Gasteiger partial charge in [0.2, 0.25) is 5.91 Å². The number of carbonyl (C=O) groups is 2. The number of carbonyl (C=O) groups excluding carboxylic acids is 2. The summed E-state index contributed by atoms with van der Waals surface area (Å²) in [4.78, 5) is 26.5. The van der Waals surface area contributed by atoms with E-state index in [1.54, 1.807) is 6.92 Å². The van der Waals surface area contributed by atoms with Gasteiger partial charge in [-0.2, -0.15) is 0 Å². The first-order valence-electron chi connectivity index (χ1n) is 7.98. The largest absolute Gasteiger partial charge is 0.458 e. The van der Waals surface area contributed by atoms with E-state index in [-0.39, 0.29) is 18.3 Å². The molecule has 0 aliphatic heterocycles. The van der Waals surface area contributed by atoms with E-state index in [2.05, 4.69) is 0 Å². The predicted molar refractivity (Wildman–Crippen MR) is 98.1 cm³/mol. The second-order valence-electron chi connectivity index (χ2n) is 6.65. The number of hydrogen-bond acceptors (Lipinski definition) is 4. The molecule has 5 nitrogen and oxygen atoms in total. The summed E-state index contributed by atoms with van der Waals surface area (Å²) in [6.07, 6.45) is 0.405. The fourth-order valence-electron chi connectivity index (χ4n) is 2.32. The van der Waals surface area contributed by atoms with Crippen LogP contribution in [0.1, 0.15) is 40.2 Å². The first-order valence-corrected chi connectivity index (χ1v) is 7.98. The third-order valence-electron chi connectivity index (χ3n) is 3.34. The van der Waals surface area contributed by atoms with Crippen molar-refractivity contribution in [2.45, 2.75) is 58.7 Å². The molecule has 6 heteroatoms. The lowest BCUT2D eigenvalue weighted by Crippen LogP contribution is -2.52. The van der Waals surface area contributed by atoms with Crippen LogP contribution in [-0.4, -0.2) is 41.0 Å². The lowest BCUT2D eigenvalue weighted by Gasteiger charge is -2.33. The highest BCUT2D eigenvalue weighted by molar-refractivity contribution is 5.87. The van der Waals surface area contributed by atoms with E-state index >= 15 is 0 Å². The van der Waals surface area contributed by atoms with Crippen LogP contribution in [0.4, 0.5) is 0 Å². The minimum Gasteiger partial charge on any atom is -0.458 e. The topological polar surface area (TPSA) is 72.6 Å². The van der Waals surface area contributed by atoms with Crippen molar-refractivity contribution >= 4 is 24.3 Å². The van der Waals surface area contributed by atoms with Crippen LogP contribution in [0.25, 0.3) is 0 Å². The lowest BCUT2D eigenvalue weighted by atomic mass is 10.0. The summed E-state index contributed by atoms with van der Waals surface area (Å²) in [5.74, 6) is -0.656. The molecule has 0 spiro atoms. The highest BCUT2D eigenvalue weighted by Crippen LogP contribution is 2.16. The van der Waals surface area contributed by atoms with Gasteiger partial charge in [0.1, 0.15) is 11.6 Å². The van der Waals surface area contributed by atoms with Gasteiger partial charge in [0, 0.05) is 13.0 Å². The number of likely N-dealkylation sites (N-methyl/N-ethyl adjacent to an activating group) is 1. The molecule has 0 aromatic heterocycles. The summed E-state index contributed by atoms with van der Waals surface area (Å²) in [5.41, 5.74) is 6.09. The minimum absolute atomic E-state index is 0. The molecule has 1 rings (SSSR count). The van der Waals surface area contributed by atoms with Crippen LogP contribution in [-0.2, 0) is 20.7 Å². The van der Waals surface area contributed by atoms with Crippen molar-refractivity contribution < 1.29 is 14.3 Å². The van der Waals surface area contributed by atoms with E-state index in [4.69, 9.17) is 10.5 Å². The molecule has 0 bridgehead atoms. The van der Waals surface area contributed by atoms with E-state index < -0.39 is 23.7 Å². The molecule has 0 unspecified atom stereocenters. The normalized spacial score (nSPS) is 13.4. The third-order valence-corrected chi connectivity index (χ3v) is 3.34. The number of nitrogens with zero attached hydrogens (tertiary/aromatic N) is 1. The Morgan fingerprint density at radius 2 is 1.75 bits per heavy atom. The van der Waals surface area contributed by atoms with Crippen molar-refractivity contribution in [1.29, 1.82) is 0 Å². The first kappa shape index (κ1) is 22.4. The van der Waals surface area contributed by atoms with Crippen LogP contribution in [0.3, 0.4) is 0 Å². The molecule has 0 aliphatic carbocycles. The van der Waals surface area contributed by atoms with Crippen molar-refractivity contribution in [3.8, 4) is 0 Å². The van der Waals surface area contributed by atoms with Crippen LogP contribution < -0.4 is 5.73 Å². The molecule has 1 amide bonds.